The summed E-state index contributed by atoms with van der Waals surface area (Å²) in [6, 6.07) is 74.6. The maximum atomic E-state index is 7.13. The van der Waals surface area contributed by atoms with Gasteiger partial charge in [-0.2, -0.15) is 0 Å². The van der Waals surface area contributed by atoms with Crippen molar-refractivity contribution in [2.24, 2.45) is 0 Å². The molecule has 3 heteroatoms. The van der Waals surface area contributed by atoms with Crippen LogP contribution in [0.2, 0.25) is 0 Å². The number of benzene rings is 10. The molecule has 0 atom stereocenters. The number of hydrogen-bond acceptors (Lipinski definition) is 3. The molecular weight excluding hydrogens is 789 g/mol. The molecule has 13 aromatic rings. The smallest absolute Gasteiger partial charge is 0.143 e. The van der Waals surface area contributed by atoms with Crippen molar-refractivity contribution in [1.29, 1.82) is 0 Å². The van der Waals surface area contributed by atoms with Crippen molar-refractivity contribution in [2.45, 2.75) is 0 Å². The summed E-state index contributed by atoms with van der Waals surface area (Å²) >= 11 is 0. The van der Waals surface area contributed by atoms with Crippen LogP contribution in [0.3, 0.4) is 0 Å². The molecule has 0 saturated carbocycles. The van der Waals surface area contributed by atoms with Crippen LogP contribution in [0.25, 0.3) is 132 Å². The quantitative estimate of drug-likeness (QED) is 0.157. The highest BCUT2D eigenvalue weighted by atomic mass is 16.3. The molecule has 0 fully saturated rings. The summed E-state index contributed by atoms with van der Waals surface area (Å²) in [6.45, 7) is 0. The molecule has 0 N–H and O–H groups in total. The summed E-state index contributed by atoms with van der Waals surface area (Å²) < 4.78 is 7.13. The average Bonchev–Trinajstić information content (AvgIpc) is 3.77. The van der Waals surface area contributed by atoms with Crippen LogP contribution in [0, 0.1) is 0 Å². The molecule has 302 valence electrons. The van der Waals surface area contributed by atoms with E-state index in [4.69, 9.17) is 4.42 Å². The average molecular weight is 827 g/mol. The Bertz CT molecular complexity index is 3810. The standard InChI is InChI=1S/C62H38N2O/c1-2-16-39(17-3-1)57-45-20-4-10-26-51(45)60(52-27-11-5-21-46(52)57)54-29-12-30-55-61-53(28-13-31-56(61)65-62(54)55)59-49-24-8-6-22-47(49)58(48-23-7-9-25-50(48)59)44-35-42(40-18-14-32-63-37-40)34-43(36-44)41-19-15-33-64-38-41/h1-38H. The molecule has 0 bridgehead atoms. The molecule has 0 radical (unpaired) electrons. The predicted octanol–water partition coefficient (Wildman–Crippen LogP) is 17.0. The van der Waals surface area contributed by atoms with Crippen molar-refractivity contribution in [3.63, 3.8) is 0 Å². The lowest BCUT2D eigenvalue weighted by molar-refractivity contribution is 0.670. The van der Waals surface area contributed by atoms with Crippen molar-refractivity contribution in [2.75, 3.05) is 0 Å². The molecule has 0 amide bonds. The van der Waals surface area contributed by atoms with E-state index in [1.165, 1.54) is 70.9 Å². The molecule has 13 rings (SSSR count). The van der Waals surface area contributed by atoms with Crippen molar-refractivity contribution in [3.8, 4) is 66.8 Å². The summed E-state index contributed by atoms with van der Waals surface area (Å²) in [7, 11) is 0. The Morgan fingerprint density at radius 1 is 0.277 bits per heavy atom. The molecule has 0 unspecified atom stereocenters. The minimum Gasteiger partial charge on any atom is -0.455 e. The summed E-state index contributed by atoms with van der Waals surface area (Å²) in [5.74, 6) is 0. The van der Waals surface area contributed by atoms with Crippen molar-refractivity contribution in [1.82, 2.24) is 9.97 Å². The maximum absolute atomic E-state index is 7.13. The second-order valence-electron chi connectivity index (χ2n) is 16.8. The van der Waals surface area contributed by atoms with Crippen molar-refractivity contribution >= 4 is 65.0 Å². The Kier molecular flexibility index (Phi) is 8.53. The minimum absolute atomic E-state index is 0.863. The molecule has 3 aromatic heterocycles. The van der Waals surface area contributed by atoms with Gasteiger partial charge in [0.15, 0.2) is 0 Å². The van der Waals surface area contributed by atoms with Gasteiger partial charge in [-0.1, -0.05) is 170 Å². The molecule has 65 heavy (non-hydrogen) atoms. The number of rotatable bonds is 6. The third-order valence-corrected chi connectivity index (χ3v) is 13.2. The van der Waals surface area contributed by atoms with Gasteiger partial charge in [0.25, 0.3) is 0 Å². The predicted molar refractivity (Wildman–Crippen MR) is 272 cm³/mol. The third-order valence-electron chi connectivity index (χ3n) is 13.2. The van der Waals surface area contributed by atoms with Crippen molar-refractivity contribution < 1.29 is 4.42 Å². The molecule has 0 aliphatic heterocycles. The fourth-order valence-corrected chi connectivity index (χ4v) is 10.5. The van der Waals surface area contributed by atoms with Gasteiger partial charge in [0.1, 0.15) is 11.2 Å². The lowest BCUT2D eigenvalue weighted by Crippen LogP contribution is -1.93. The monoisotopic (exact) mass is 826 g/mol. The number of para-hydroxylation sites is 1. The fraction of sp³-hybridized carbons (Fsp3) is 0. The van der Waals surface area contributed by atoms with E-state index in [0.29, 0.717) is 0 Å². The normalized spacial score (nSPS) is 11.7. The van der Waals surface area contributed by atoms with Crippen LogP contribution in [-0.2, 0) is 0 Å². The molecule has 3 nitrogen and oxygen atoms in total. The Balaban J connectivity index is 1.08. The van der Waals surface area contributed by atoms with E-state index < -0.39 is 0 Å². The zero-order valence-corrected chi connectivity index (χ0v) is 35.2. The van der Waals surface area contributed by atoms with E-state index in [-0.39, 0.29) is 0 Å². The number of hydrogen-bond donors (Lipinski definition) is 0. The highest BCUT2D eigenvalue weighted by molar-refractivity contribution is 6.28. The van der Waals surface area contributed by atoms with E-state index >= 15 is 0 Å². The van der Waals surface area contributed by atoms with Crippen LogP contribution >= 0.6 is 0 Å². The van der Waals surface area contributed by atoms with E-state index in [2.05, 4.69) is 204 Å². The first-order valence-corrected chi connectivity index (χ1v) is 22.1. The van der Waals surface area contributed by atoms with E-state index in [1.54, 1.807) is 0 Å². The number of nitrogens with zero attached hydrogens (tertiary/aromatic N) is 2. The molecule has 3 heterocycles. The minimum atomic E-state index is 0.863. The van der Waals surface area contributed by atoms with Gasteiger partial charge in [-0.05, 0) is 124 Å². The second kappa shape index (κ2) is 15.0. The van der Waals surface area contributed by atoms with E-state index in [9.17, 15) is 0 Å². The van der Waals surface area contributed by atoms with Gasteiger partial charge in [0.2, 0.25) is 0 Å². The van der Waals surface area contributed by atoms with Gasteiger partial charge >= 0.3 is 0 Å². The summed E-state index contributed by atoms with van der Waals surface area (Å²) in [6.07, 6.45) is 7.54. The molecular formula is C62H38N2O. The SMILES string of the molecule is c1ccc(-c2c3ccccc3c(-c3cccc4c3oc3cccc(-c5c6ccccc6c(-c6cc(-c7cccnc7)cc(-c7cccnc7)c6)c6ccccc56)c34)c3ccccc23)cc1. The van der Waals surface area contributed by atoms with Gasteiger partial charge in [0, 0.05) is 57.8 Å². The van der Waals surface area contributed by atoms with Crippen LogP contribution in [0.15, 0.2) is 235 Å². The summed E-state index contributed by atoms with van der Waals surface area (Å²) in [4.78, 5) is 8.99. The molecule has 0 aliphatic rings. The molecule has 0 spiro atoms. The first-order chi connectivity index (χ1) is 32.3. The summed E-state index contributed by atoms with van der Waals surface area (Å²) in [5.41, 5.74) is 15.5. The summed E-state index contributed by atoms with van der Waals surface area (Å²) in [5, 5.41) is 11.8. The molecule has 10 aromatic carbocycles. The number of aromatic nitrogens is 2. The number of furan rings is 1. The molecule has 0 saturated heterocycles. The Morgan fingerprint density at radius 3 is 1.18 bits per heavy atom. The van der Waals surface area contributed by atoms with Crippen LogP contribution < -0.4 is 0 Å². The van der Waals surface area contributed by atoms with Crippen molar-refractivity contribution in [3.05, 3.63) is 231 Å². The second-order valence-corrected chi connectivity index (χ2v) is 16.8. The fourth-order valence-electron chi connectivity index (χ4n) is 10.5. The van der Waals surface area contributed by atoms with E-state index in [1.807, 2.05) is 36.9 Å². The van der Waals surface area contributed by atoms with Gasteiger partial charge in [-0.15, -0.1) is 0 Å². The number of fused-ring (bicyclic) bond motifs is 7. The zero-order chi connectivity index (χ0) is 42.8. The highest BCUT2D eigenvalue weighted by Crippen LogP contribution is 2.50. The van der Waals surface area contributed by atoms with Crippen LogP contribution in [0.4, 0.5) is 0 Å². The first-order valence-electron chi connectivity index (χ1n) is 22.1. The van der Waals surface area contributed by atoms with Crippen LogP contribution in [-0.4, -0.2) is 9.97 Å². The lowest BCUT2D eigenvalue weighted by atomic mass is 9.83. The van der Waals surface area contributed by atoms with Gasteiger partial charge < -0.3 is 4.42 Å². The van der Waals surface area contributed by atoms with Gasteiger partial charge in [-0.3, -0.25) is 9.97 Å². The largest absolute Gasteiger partial charge is 0.455 e. The molecule has 0 aliphatic carbocycles. The third kappa shape index (κ3) is 5.90. The highest BCUT2D eigenvalue weighted by Gasteiger charge is 2.24. The van der Waals surface area contributed by atoms with E-state index in [0.717, 1.165) is 60.9 Å². The zero-order valence-electron chi connectivity index (χ0n) is 35.2. The Morgan fingerprint density at radius 2 is 0.677 bits per heavy atom. The maximum Gasteiger partial charge on any atom is 0.143 e. The van der Waals surface area contributed by atoms with Crippen LogP contribution in [0.5, 0.6) is 0 Å². The Hall–Kier alpha value is -8.66. The number of pyridine rings is 2. The van der Waals surface area contributed by atoms with Gasteiger partial charge in [0.05, 0.1) is 0 Å². The van der Waals surface area contributed by atoms with Crippen LogP contribution in [0.1, 0.15) is 0 Å². The topological polar surface area (TPSA) is 38.9 Å². The Labute approximate surface area is 375 Å². The van der Waals surface area contributed by atoms with Gasteiger partial charge in [-0.25, -0.2) is 0 Å². The first kappa shape index (κ1) is 36.9. The lowest BCUT2D eigenvalue weighted by Gasteiger charge is -2.19.